The van der Waals surface area contributed by atoms with Gasteiger partial charge in [-0.3, -0.25) is 9.69 Å². The van der Waals surface area contributed by atoms with Crippen molar-refractivity contribution in [3.05, 3.63) is 28.7 Å². The summed E-state index contributed by atoms with van der Waals surface area (Å²) in [4.78, 5) is 14.3. The van der Waals surface area contributed by atoms with Crippen LogP contribution in [0.15, 0.2) is 28.7 Å². The first kappa shape index (κ1) is 15.5. The summed E-state index contributed by atoms with van der Waals surface area (Å²) in [6.45, 7) is 5.36. The number of carbonyl (C=O) groups is 1. The van der Waals surface area contributed by atoms with Gasteiger partial charge in [0.05, 0.1) is 12.1 Å². The molecule has 1 aromatic rings. The number of β-amino-alcohol motifs (C(OH)–C–C–N with tert-alkyl or cyclic N) is 1. The molecule has 2 N–H and O–H groups in total. The SMILES string of the molecule is CC1CCN(C(C)C(=O)Nc2ccc(Br)cc2)CC1O. The van der Waals surface area contributed by atoms with Crippen molar-refractivity contribution in [1.82, 2.24) is 4.90 Å². The molecule has 20 heavy (non-hydrogen) atoms. The molecule has 110 valence electrons. The highest BCUT2D eigenvalue weighted by atomic mass is 79.9. The number of carbonyl (C=O) groups excluding carboxylic acids is 1. The van der Waals surface area contributed by atoms with E-state index in [1.165, 1.54) is 0 Å². The molecule has 1 aliphatic rings. The Morgan fingerprint density at radius 1 is 1.45 bits per heavy atom. The lowest BCUT2D eigenvalue weighted by Crippen LogP contribution is -2.50. The number of halogens is 1. The average Bonchev–Trinajstić information content (AvgIpc) is 2.43. The molecule has 1 fully saturated rings. The molecule has 3 unspecified atom stereocenters. The van der Waals surface area contributed by atoms with E-state index in [0.29, 0.717) is 12.5 Å². The first-order valence-corrected chi connectivity index (χ1v) is 7.75. The summed E-state index contributed by atoms with van der Waals surface area (Å²) in [6.07, 6.45) is 0.587. The van der Waals surface area contributed by atoms with Gasteiger partial charge >= 0.3 is 0 Å². The van der Waals surface area contributed by atoms with E-state index in [2.05, 4.69) is 28.2 Å². The third-order valence-electron chi connectivity index (χ3n) is 3.99. The molecule has 2 rings (SSSR count). The molecule has 0 aromatic heterocycles. The minimum absolute atomic E-state index is 0.0333. The number of benzene rings is 1. The average molecular weight is 341 g/mol. The van der Waals surface area contributed by atoms with Crippen LogP contribution in [0.2, 0.25) is 0 Å². The normalized spacial score (nSPS) is 25.2. The minimum Gasteiger partial charge on any atom is -0.392 e. The van der Waals surface area contributed by atoms with Crippen LogP contribution in [0, 0.1) is 5.92 Å². The van der Waals surface area contributed by atoms with Gasteiger partial charge in [-0.15, -0.1) is 0 Å². The number of aliphatic hydroxyl groups is 1. The zero-order chi connectivity index (χ0) is 14.7. The fraction of sp³-hybridized carbons (Fsp3) is 0.533. The minimum atomic E-state index is -0.341. The summed E-state index contributed by atoms with van der Waals surface area (Å²) in [5.74, 6) is 0.280. The topological polar surface area (TPSA) is 52.6 Å². The van der Waals surface area contributed by atoms with Gasteiger partial charge < -0.3 is 10.4 Å². The van der Waals surface area contributed by atoms with E-state index in [1.807, 2.05) is 36.1 Å². The lowest BCUT2D eigenvalue weighted by molar-refractivity contribution is -0.122. The molecule has 1 amide bonds. The van der Waals surface area contributed by atoms with Crippen molar-refractivity contribution in [2.75, 3.05) is 18.4 Å². The molecule has 5 heteroatoms. The van der Waals surface area contributed by atoms with Gasteiger partial charge in [0.1, 0.15) is 0 Å². The number of nitrogens with one attached hydrogen (secondary N) is 1. The van der Waals surface area contributed by atoms with Crippen LogP contribution in [0.4, 0.5) is 5.69 Å². The summed E-state index contributed by atoms with van der Waals surface area (Å²) in [6, 6.07) is 7.28. The summed E-state index contributed by atoms with van der Waals surface area (Å²) < 4.78 is 0.983. The number of nitrogens with zero attached hydrogens (tertiary/aromatic N) is 1. The van der Waals surface area contributed by atoms with Crippen LogP contribution in [0.1, 0.15) is 20.3 Å². The first-order valence-electron chi connectivity index (χ1n) is 6.96. The van der Waals surface area contributed by atoms with Crippen LogP contribution in [0.5, 0.6) is 0 Å². The van der Waals surface area contributed by atoms with Gasteiger partial charge in [-0.2, -0.15) is 0 Å². The Bertz CT molecular complexity index is 463. The van der Waals surface area contributed by atoms with E-state index in [1.54, 1.807) is 0 Å². The molecule has 0 bridgehead atoms. The highest BCUT2D eigenvalue weighted by molar-refractivity contribution is 9.10. The number of amides is 1. The molecular formula is C15H21BrN2O2. The Morgan fingerprint density at radius 3 is 2.70 bits per heavy atom. The van der Waals surface area contributed by atoms with E-state index >= 15 is 0 Å². The molecule has 0 radical (unpaired) electrons. The summed E-state index contributed by atoms with van der Waals surface area (Å²) in [5.41, 5.74) is 0.788. The van der Waals surface area contributed by atoms with Crippen molar-refractivity contribution in [2.24, 2.45) is 5.92 Å². The Labute approximate surface area is 128 Å². The van der Waals surface area contributed by atoms with E-state index in [-0.39, 0.29) is 18.1 Å². The Morgan fingerprint density at radius 2 is 2.10 bits per heavy atom. The molecule has 4 nitrogen and oxygen atoms in total. The van der Waals surface area contributed by atoms with Gasteiger partial charge in [-0.25, -0.2) is 0 Å². The van der Waals surface area contributed by atoms with Gasteiger partial charge in [-0.1, -0.05) is 22.9 Å². The maximum absolute atomic E-state index is 12.2. The predicted molar refractivity (Wildman–Crippen MR) is 83.6 cm³/mol. The molecule has 3 atom stereocenters. The molecule has 1 aliphatic heterocycles. The molecular weight excluding hydrogens is 320 g/mol. The molecule has 1 saturated heterocycles. The zero-order valence-electron chi connectivity index (χ0n) is 11.8. The largest absolute Gasteiger partial charge is 0.392 e. The fourth-order valence-electron chi connectivity index (χ4n) is 2.37. The van der Waals surface area contributed by atoms with Crippen molar-refractivity contribution in [2.45, 2.75) is 32.4 Å². The summed E-state index contributed by atoms with van der Waals surface area (Å²) >= 11 is 3.37. The smallest absolute Gasteiger partial charge is 0.241 e. The van der Waals surface area contributed by atoms with Crippen LogP contribution in [0.25, 0.3) is 0 Å². The van der Waals surface area contributed by atoms with Crippen LogP contribution < -0.4 is 5.32 Å². The second kappa shape index (κ2) is 6.70. The molecule has 1 aromatic carbocycles. The third-order valence-corrected chi connectivity index (χ3v) is 4.52. The molecule has 0 spiro atoms. The van der Waals surface area contributed by atoms with Crippen LogP contribution in [-0.2, 0) is 4.79 Å². The van der Waals surface area contributed by atoms with Crippen LogP contribution >= 0.6 is 15.9 Å². The van der Waals surface area contributed by atoms with E-state index in [9.17, 15) is 9.90 Å². The van der Waals surface area contributed by atoms with Gasteiger partial charge in [0.25, 0.3) is 0 Å². The number of aliphatic hydroxyl groups excluding tert-OH is 1. The van der Waals surface area contributed by atoms with E-state index in [0.717, 1.165) is 23.1 Å². The monoisotopic (exact) mass is 340 g/mol. The third kappa shape index (κ3) is 3.81. The number of rotatable bonds is 3. The second-order valence-electron chi connectivity index (χ2n) is 5.50. The molecule has 1 heterocycles. The molecule has 0 saturated carbocycles. The standard InChI is InChI=1S/C15H21BrN2O2/c1-10-7-8-18(9-14(10)19)11(2)15(20)17-13-5-3-12(16)4-6-13/h3-6,10-11,14,19H,7-9H2,1-2H3,(H,17,20). The number of anilines is 1. The number of piperidine rings is 1. The number of hydrogen-bond acceptors (Lipinski definition) is 3. The predicted octanol–water partition coefficient (Wildman–Crippen LogP) is 2.48. The quantitative estimate of drug-likeness (QED) is 0.888. The van der Waals surface area contributed by atoms with E-state index in [4.69, 9.17) is 0 Å². The van der Waals surface area contributed by atoms with Crippen molar-refractivity contribution >= 4 is 27.5 Å². The van der Waals surface area contributed by atoms with Crippen LogP contribution in [0.3, 0.4) is 0 Å². The number of likely N-dealkylation sites (tertiary alicyclic amines) is 1. The van der Waals surface area contributed by atoms with Crippen molar-refractivity contribution in [3.63, 3.8) is 0 Å². The highest BCUT2D eigenvalue weighted by Crippen LogP contribution is 2.20. The van der Waals surface area contributed by atoms with E-state index < -0.39 is 0 Å². The van der Waals surface area contributed by atoms with Crippen LogP contribution in [-0.4, -0.2) is 41.1 Å². The van der Waals surface area contributed by atoms with Crippen molar-refractivity contribution in [1.29, 1.82) is 0 Å². The Kier molecular flexibility index (Phi) is 5.18. The van der Waals surface area contributed by atoms with Crippen molar-refractivity contribution < 1.29 is 9.90 Å². The maximum atomic E-state index is 12.2. The second-order valence-corrected chi connectivity index (χ2v) is 6.42. The highest BCUT2D eigenvalue weighted by Gasteiger charge is 2.30. The number of hydrogen-bond donors (Lipinski definition) is 2. The Hall–Kier alpha value is -0.910. The summed E-state index contributed by atoms with van der Waals surface area (Å²) in [7, 11) is 0. The van der Waals surface area contributed by atoms with Gasteiger partial charge in [0.15, 0.2) is 0 Å². The van der Waals surface area contributed by atoms with Gasteiger partial charge in [0.2, 0.25) is 5.91 Å². The van der Waals surface area contributed by atoms with Gasteiger partial charge in [0, 0.05) is 16.7 Å². The fourth-order valence-corrected chi connectivity index (χ4v) is 2.64. The van der Waals surface area contributed by atoms with Gasteiger partial charge in [-0.05, 0) is 50.1 Å². The molecule has 0 aliphatic carbocycles. The lowest BCUT2D eigenvalue weighted by atomic mass is 9.95. The first-order chi connectivity index (χ1) is 9.47. The summed E-state index contributed by atoms with van der Waals surface area (Å²) in [5, 5.41) is 12.8. The van der Waals surface area contributed by atoms with Crippen molar-refractivity contribution in [3.8, 4) is 0 Å². The maximum Gasteiger partial charge on any atom is 0.241 e. The lowest BCUT2D eigenvalue weighted by Gasteiger charge is -2.37. The zero-order valence-corrected chi connectivity index (χ0v) is 13.4. The Balaban J connectivity index is 1.93.